The number of benzene rings is 1. The summed E-state index contributed by atoms with van der Waals surface area (Å²) >= 11 is 7.82. The van der Waals surface area contributed by atoms with E-state index in [0.717, 1.165) is 37.6 Å². The highest BCUT2D eigenvalue weighted by atomic mass is 35.5. The second-order valence-electron chi connectivity index (χ2n) is 5.81. The number of likely N-dealkylation sites (N-methyl/N-ethyl adjacent to an activating group) is 1. The summed E-state index contributed by atoms with van der Waals surface area (Å²) in [6, 6.07) is 13.5. The van der Waals surface area contributed by atoms with Crippen LogP contribution in [-0.4, -0.2) is 42.5 Å². The number of hydrogen-bond acceptors (Lipinski definition) is 3. The highest BCUT2D eigenvalue weighted by Crippen LogP contribution is 2.23. The Morgan fingerprint density at radius 3 is 2.76 bits per heavy atom. The van der Waals surface area contributed by atoms with E-state index in [1.54, 1.807) is 11.3 Å². The molecule has 1 aliphatic heterocycles. The van der Waals surface area contributed by atoms with Gasteiger partial charge in [0.1, 0.15) is 0 Å². The van der Waals surface area contributed by atoms with Crippen molar-refractivity contribution in [2.45, 2.75) is 19.0 Å². The van der Waals surface area contributed by atoms with E-state index < -0.39 is 0 Å². The summed E-state index contributed by atoms with van der Waals surface area (Å²) in [7, 11) is 2.22. The average molecular weight is 321 g/mol. The first kappa shape index (κ1) is 15.0. The Bertz CT molecular complexity index is 569. The number of nitrogens with zero attached hydrogens (tertiary/aromatic N) is 2. The van der Waals surface area contributed by atoms with Crippen molar-refractivity contribution in [1.82, 2.24) is 9.80 Å². The van der Waals surface area contributed by atoms with E-state index in [9.17, 15) is 0 Å². The molecule has 3 rings (SSSR count). The normalized spacial score (nSPS) is 20.8. The van der Waals surface area contributed by atoms with Gasteiger partial charge in [-0.2, -0.15) is 0 Å². The molecule has 112 valence electrons. The molecule has 1 fully saturated rings. The Morgan fingerprint density at radius 2 is 2.05 bits per heavy atom. The number of halogens is 1. The molecule has 4 heteroatoms. The molecule has 1 saturated heterocycles. The number of hydrogen-bond donors (Lipinski definition) is 0. The van der Waals surface area contributed by atoms with Crippen LogP contribution < -0.4 is 0 Å². The third kappa shape index (κ3) is 4.07. The van der Waals surface area contributed by atoms with Crippen LogP contribution in [0.25, 0.3) is 0 Å². The van der Waals surface area contributed by atoms with Gasteiger partial charge in [0, 0.05) is 42.5 Å². The molecule has 2 aromatic rings. The fraction of sp³-hybridized carbons (Fsp3) is 0.412. The molecule has 1 aliphatic rings. The minimum Gasteiger partial charge on any atom is -0.304 e. The summed E-state index contributed by atoms with van der Waals surface area (Å²) < 4.78 is 0. The zero-order chi connectivity index (χ0) is 14.7. The van der Waals surface area contributed by atoms with E-state index in [2.05, 4.69) is 53.2 Å². The SMILES string of the molecule is CN1CCN(Cc2cc(Cl)cs2)C(Cc2ccccc2)C1. The highest BCUT2D eigenvalue weighted by Gasteiger charge is 2.25. The second kappa shape index (κ2) is 6.93. The number of thiophene rings is 1. The first-order valence-electron chi connectivity index (χ1n) is 7.40. The van der Waals surface area contributed by atoms with E-state index >= 15 is 0 Å². The van der Waals surface area contributed by atoms with Gasteiger partial charge >= 0.3 is 0 Å². The molecule has 2 heterocycles. The van der Waals surface area contributed by atoms with Gasteiger partial charge in [0.15, 0.2) is 0 Å². The van der Waals surface area contributed by atoms with E-state index in [1.165, 1.54) is 10.4 Å². The van der Waals surface area contributed by atoms with Crippen molar-refractivity contribution in [2.24, 2.45) is 0 Å². The minimum absolute atomic E-state index is 0.576. The summed E-state index contributed by atoms with van der Waals surface area (Å²) in [6.45, 7) is 4.42. The van der Waals surface area contributed by atoms with Gasteiger partial charge in [-0.05, 0) is 25.1 Å². The first-order chi connectivity index (χ1) is 10.2. The van der Waals surface area contributed by atoms with Gasteiger partial charge in [0.05, 0.1) is 5.02 Å². The average Bonchev–Trinajstić information content (AvgIpc) is 2.88. The topological polar surface area (TPSA) is 6.48 Å². The van der Waals surface area contributed by atoms with E-state index in [4.69, 9.17) is 11.6 Å². The maximum absolute atomic E-state index is 6.05. The van der Waals surface area contributed by atoms with Crippen molar-refractivity contribution in [3.8, 4) is 0 Å². The summed E-state index contributed by atoms with van der Waals surface area (Å²) in [5.41, 5.74) is 1.42. The minimum atomic E-state index is 0.576. The largest absolute Gasteiger partial charge is 0.304 e. The van der Waals surface area contributed by atoms with Crippen LogP contribution in [0.4, 0.5) is 0 Å². The molecular weight excluding hydrogens is 300 g/mol. The van der Waals surface area contributed by atoms with Crippen molar-refractivity contribution in [1.29, 1.82) is 0 Å². The van der Waals surface area contributed by atoms with Crippen molar-refractivity contribution >= 4 is 22.9 Å². The Labute approximate surface area is 136 Å². The predicted octanol–water partition coefficient (Wildman–Crippen LogP) is 3.76. The van der Waals surface area contributed by atoms with E-state index in [-0.39, 0.29) is 0 Å². The molecule has 1 atom stereocenters. The standard InChI is InChI=1S/C17H21ClN2S/c1-19-7-8-20(12-17-10-15(18)13-21-17)16(11-19)9-14-5-3-2-4-6-14/h2-6,10,13,16H,7-9,11-12H2,1H3. The Kier molecular flexibility index (Phi) is 4.96. The quantitative estimate of drug-likeness (QED) is 0.846. The molecule has 2 nitrogen and oxygen atoms in total. The van der Waals surface area contributed by atoms with Gasteiger partial charge in [-0.1, -0.05) is 41.9 Å². The molecule has 0 aliphatic carbocycles. The van der Waals surface area contributed by atoms with Crippen LogP contribution >= 0.6 is 22.9 Å². The van der Waals surface area contributed by atoms with Crippen molar-refractivity contribution in [3.63, 3.8) is 0 Å². The summed E-state index contributed by atoms with van der Waals surface area (Å²) in [6.07, 6.45) is 1.12. The maximum Gasteiger partial charge on any atom is 0.0516 e. The highest BCUT2D eigenvalue weighted by molar-refractivity contribution is 7.10. The fourth-order valence-corrected chi connectivity index (χ4v) is 4.07. The lowest BCUT2D eigenvalue weighted by atomic mass is 10.0. The van der Waals surface area contributed by atoms with Gasteiger partial charge in [-0.15, -0.1) is 11.3 Å². The van der Waals surface area contributed by atoms with Gasteiger partial charge in [0.25, 0.3) is 0 Å². The van der Waals surface area contributed by atoms with Crippen LogP contribution in [0.2, 0.25) is 5.02 Å². The molecule has 0 bridgehead atoms. The lowest BCUT2D eigenvalue weighted by Crippen LogP contribution is -2.52. The van der Waals surface area contributed by atoms with Gasteiger partial charge in [-0.25, -0.2) is 0 Å². The van der Waals surface area contributed by atoms with Crippen LogP contribution in [0.5, 0.6) is 0 Å². The maximum atomic E-state index is 6.05. The summed E-state index contributed by atoms with van der Waals surface area (Å²) in [4.78, 5) is 6.41. The second-order valence-corrected chi connectivity index (χ2v) is 7.24. The van der Waals surface area contributed by atoms with E-state index in [1.807, 2.05) is 5.38 Å². The molecule has 0 radical (unpaired) electrons. The fourth-order valence-electron chi connectivity index (χ4n) is 2.97. The predicted molar refractivity (Wildman–Crippen MR) is 91.2 cm³/mol. The Balaban J connectivity index is 1.70. The van der Waals surface area contributed by atoms with Crippen LogP contribution in [0, 0.1) is 0 Å². The molecule has 0 amide bonds. The van der Waals surface area contributed by atoms with Gasteiger partial charge in [0.2, 0.25) is 0 Å². The lowest BCUT2D eigenvalue weighted by molar-refractivity contribution is 0.0844. The van der Waals surface area contributed by atoms with Gasteiger partial charge < -0.3 is 4.90 Å². The zero-order valence-corrected chi connectivity index (χ0v) is 13.9. The Hall–Kier alpha value is -0.870. The number of piperazine rings is 1. The smallest absolute Gasteiger partial charge is 0.0516 e. The number of rotatable bonds is 4. The third-order valence-electron chi connectivity index (χ3n) is 4.10. The lowest BCUT2D eigenvalue weighted by Gasteiger charge is -2.40. The van der Waals surface area contributed by atoms with Crippen LogP contribution in [-0.2, 0) is 13.0 Å². The third-order valence-corrected chi connectivity index (χ3v) is 5.37. The monoisotopic (exact) mass is 320 g/mol. The van der Waals surface area contributed by atoms with Gasteiger partial charge in [-0.3, -0.25) is 4.90 Å². The molecule has 1 aromatic carbocycles. The molecule has 0 N–H and O–H groups in total. The van der Waals surface area contributed by atoms with Crippen molar-refractivity contribution in [3.05, 3.63) is 57.2 Å². The molecule has 0 spiro atoms. The first-order valence-corrected chi connectivity index (χ1v) is 8.66. The van der Waals surface area contributed by atoms with E-state index in [0.29, 0.717) is 6.04 Å². The van der Waals surface area contributed by atoms with Crippen LogP contribution in [0.1, 0.15) is 10.4 Å². The Morgan fingerprint density at radius 1 is 1.24 bits per heavy atom. The summed E-state index contributed by atoms with van der Waals surface area (Å²) in [5, 5.41) is 2.89. The van der Waals surface area contributed by atoms with Crippen LogP contribution in [0.3, 0.4) is 0 Å². The molecular formula is C17H21ClN2S. The zero-order valence-electron chi connectivity index (χ0n) is 12.3. The van der Waals surface area contributed by atoms with Crippen LogP contribution in [0.15, 0.2) is 41.8 Å². The molecule has 1 aromatic heterocycles. The molecule has 21 heavy (non-hydrogen) atoms. The molecule has 1 unspecified atom stereocenters. The van der Waals surface area contributed by atoms with Crippen molar-refractivity contribution in [2.75, 3.05) is 26.7 Å². The summed E-state index contributed by atoms with van der Waals surface area (Å²) in [5.74, 6) is 0. The van der Waals surface area contributed by atoms with Crippen molar-refractivity contribution < 1.29 is 0 Å². The molecule has 0 saturated carbocycles.